The van der Waals surface area contributed by atoms with Gasteiger partial charge in [0.2, 0.25) is 5.91 Å². The molecule has 25 heavy (non-hydrogen) atoms. The minimum absolute atomic E-state index is 0.0507. The maximum atomic E-state index is 12.3. The van der Waals surface area contributed by atoms with E-state index in [1.165, 1.54) is 4.90 Å². The maximum absolute atomic E-state index is 12.3. The Morgan fingerprint density at radius 1 is 1.20 bits per heavy atom. The molecule has 0 bridgehead atoms. The molecule has 1 aromatic rings. The van der Waals surface area contributed by atoms with Crippen LogP contribution in [0.5, 0.6) is 5.75 Å². The zero-order valence-corrected chi connectivity index (χ0v) is 14.0. The number of carbonyl (C=O) groups excluding carboxylic acids is 2. The van der Waals surface area contributed by atoms with Gasteiger partial charge < -0.3 is 20.1 Å². The summed E-state index contributed by atoms with van der Waals surface area (Å²) in [6.45, 7) is 0.137. The average Bonchev–Trinajstić information content (AvgIpc) is 2.61. The number of carbonyl (C=O) groups is 3. The number of aliphatic carboxylic acids is 1. The molecule has 2 amide bonds. The van der Waals surface area contributed by atoms with Gasteiger partial charge in [0.15, 0.2) is 6.61 Å². The van der Waals surface area contributed by atoms with Gasteiger partial charge in [-0.2, -0.15) is 0 Å². The summed E-state index contributed by atoms with van der Waals surface area (Å²) in [6, 6.07) is 7.16. The van der Waals surface area contributed by atoms with Gasteiger partial charge in [0.25, 0.3) is 5.91 Å². The van der Waals surface area contributed by atoms with Crippen molar-refractivity contribution in [3.63, 3.8) is 0 Å². The SMILES string of the molecule is O=C(CCN1C(=O)COc2ccccc21)NC1(C(=O)O)CCCCC1. The van der Waals surface area contributed by atoms with Crippen molar-refractivity contribution in [1.82, 2.24) is 5.32 Å². The minimum Gasteiger partial charge on any atom is -0.482 e. The molecular weight excluding hydrogens is 324 g/mol. The van der Waals surface area contributed by atoms with Gasteiger partial charge in [-0.1, -0.05) is 31.4 Å². The number of benzene rings is 1. The van der Waals surface area contributed by atoms with Crippen molar-refractivity contribution in [2.45, 2.75) is 44.1 Å². The van der Waals surface area contributed by atoms with Crippen LogP contribution in [0.3, 0.4) is 0 Å². The fourth-order valence-corrected chi connectivity index (χ4v) is 3.49. The van der Waals surface area contributed by atoms with Gasteiger partial charge in [0.05, 0.1) is 5.69 Å². The molecule has 1 saturated carbocycles. The molecule has 2 N–H and O–H groups in total. The Labute approximate surface area is 146 Å². The number of anilines is 1. The predicted molar refractivity (Wildman–Crippen MR) is 90.5 cm³/mol. The molecule has 0 saturated heterocycles. The molecule has 7 heteroatoms. The number of ether oxygens (including phenoxy) is 1. The lowest BCUT2D eigenvalue weighted by molar-refractivity contribution is -0.149. The topological polar surface area (TPSA) is 95.9 Å². The van der Waals surface area contributed by atoms with Crippen molar-refractivity contribution >= 4 is 23.5 Å². The molecule has 7 nitrogen and oxygen atoms in total. The Morgan fingerprint density at radius 2 is 1.92 bits per heavy atom. The summed E-state index contributed by atoms with van der Waals surface area (Å²) < 4.78 is 5.37. The lowest BCUT2D eigenvalue weighted by atomic mass is 9.81. The number of hydrogen-bond acceptors (Lipinski definition) is 4. The van der Waals surface area contributed by atoms with Crippen LogP contribution >= 0.6 is 0 Å². The number of rotatable bonds is 5. The van der Waals surface area contributed by atoms with E-state index in [1.807, 2.05) is 6.07 Å². The number of carboxylic acids is 1. The van der Waals surface area contributed by atoms with E-state index in [1.54, 1.807) is 18.2 Å². The van der Waals surface area contributed by atoms with Crippen molar-refractivity contribution < 1.29 is 24.2 Å². The molecule has 3 rings (SSSR count). The first-order valence-corrected chi connectivity index (χ1v) is 8.58. The number of nitrogens with one attached hydrogen (secondary N) is 1. The summed E-state index contributed by atoms with van der Waals surface area (Å²) in [5, 5.41) is 12.2. The molecule has 1 aromatic carbocycles. The standard InChI is InChI=1S/C18H22N2O5/c21-15(19-18(17(23)24)9-4-1-5-10-18)8-11-20-13-6-2-3-7-14(13)25-12-16(20)22/h2-3,6-7H,1,4-5,8-12H2,(H,19,21)(H,23,24). The van der Waals surface area contributed by atoms with Crippen LogP contribution in [0.2, 0.25) is 0 Å². The van der Waals surface area contributed by atoms with Crippen LogP contribution in [0, 0.1) is 0 Å². The molecule has 0 unspecified atom stereocenters. The number of nitrogens with zero attached hydrogens (tertiary/aromatic N) is 1. The van der Waals surface area contributed by atoms with Gasteiger partial charge in [-0.05, 0) is 25.0 Å². The highest BCUT2D eigenvalue weighted by atomic mass is 16.5. The van der Waals surface area contributed by atoms with Crippen LogP contribution in [0.1, 0.15) is 38.5 Å². The van der Waals surface area contributed by atoms with E-state index in [2.05, 4.69) is 5.32 Å². The Balaban J connectivity index is 1.64. The van der Waals surface area contributed by atoms with E-state index in [0.717, 1.165) is 19.3 Å². The Kier molecular flexibility index (Phi) is 4.92. The third-order valence-corrected chi connectivity index (χ3v) is 4.87. The summed E-state index contributed by atoms with van der Waals surface area (Å²) in [5.74, 6) is -0.927. The van der Waals surface area contributed by atoms with Crippen molar-refractivity contribution in [2.24, 2.45) is 0 Å². The first kappa shape index (κ1) is 17.3. The minimum atomic E-state index is -1.16. The van der Waals surface area contributed by atoms with E-state index >= 15 is 0 Å². The Morgan fingerprint density at radius 3 is 2.64 bits per heavy atom. The number of fused-ring (bicyclic) bond motifs is 1. The van der Waals surface area contributed by atoms with Gasteiger partial charge in [-0.15, -0.1) is 0 Å². The van der Waals surface area contributed by atoms with Gasteiger partial charge in [0.1, 0.15) is 11.3 Å². The zero-order valence-electron chi connectivity index (χ0n) is 14.0. The maximum Gasteiger partial charge on any atom is 0.329 e. The molecule has 0 radical (unpaired) electrons. The van der Waals surface area contributed by atoms with Crippen LogP contribution in [0.25, 0.3) is 0 Å². The summed E-state index contributed by atoms with van der Waals surface area (Å²) in [5.41, 5.74) is -0.528. The number of para-hydroxylation sites is 2. The summed E-state index contributed by atoms with van der Waals surface area (Å²) >= 11 is 0. The fourth-order valence-electron chi connectivity index (χ4n) is 3.49. The smallest absolute Gasteiger partial charge is 0.329 e. The lowest BCUT2D eigenvalue weighted by Crippen LogP contribution is -2.56. The highest BCUT2D eigenvalue weighted by Gasteiger charge is 2.41. The van der Waals surface area contributed by atoms with Crippen LogP contribution in [-0.4, -0.2) is 41.6 Å². The van der Waals surface area contributed by atoms with Gasteiger partial charge >= 0.3 is 5.97 Å². The third kappa shape index (κ3) is 3.60. The van der Waals surface area contributed by atoms with Crippen molar-refractivity contribution in [3.8, 4) is 5.75 Å². The van der Waals surface area contributed by atoms with E-state index in [0.29, 0.717) is 24.3 Å². The molecule has 0 atom stereocenters. The largest absolute Gasteiger partial charge is 0.482 e. The van der Waals surface area contributed by atoms with Crippen LogP contribution in [-0.2, 0) is 14.4 Å². The second-order valence-corrected chi connectivity index (χ2v) is 6.55. The van der Waals surface area contributed by atoms with E-state index in [-0.39, 0.29) is 31.4 Å². The highest BCUT2D eigenvalue weighted by molar-refractivity contribution is 5.98. The molecule has 2 aliphatic rings. The summed E-state index contributed by atoms with van der Waals surface area (Å²) in [7, 11) is 0. The third-order valence-electron chi connectivity index (χ3n) is 4.87. The number of hydrogen-bond donors (Lipinski definition) is 2. The van der Waals surface area contributed by atoms with Gasteiger partial charge in [-0.25, -0.2) is 4.79 Å². The van der Waals surface area contributed by atoms with E-state index < -0.39 is 11.5 Å². The lowest BCUT2D eigenvalue weighted by Gasteiger charge is -2.34. The fraction of sp³-hybridized carbons (Fsp3) is 0.500. The quantitative estimate of drug-likeness (QED) is 0.846. The molecule has 134 valence electrons. The average molecular weight is 346 g/mol. The molecule has 0 aromatic heterocycles. The van der Waals surface area contributed by atoms with Gasteiger partial charge in [0, 0.05) is 13.0 Å². The summed E-state index contributed by atoms with van der Waals surface area (Å²) in [6.07, 6.45) is 3.53. The summed E-state index contributed by atoms with van der Waals surface area (Å²) in [4.78, 5) is 37.6. The highest BCUT2D eigenvalue weighted by Crippen LogP contribution is 2.32. The Hall–Kier alpha value is -2.57. The van der Waals surface area contributed by atoms with Crippen molar-refractivity contribution in [1.29, 1.82) is 0 Å². The zero-order chi connectivity index (χ0) is 17.9. The van der Waals surface area contributed by atoms with Crippen molar-refractivity contribution in [2.75, 3.05) is 18.1 Å². The van der Waals surface area contributed by atoms with E-state index in [4.69, 9.17) is 4.74 Å². The molecule has 1 heterocycles. The van der Waals surface area contributed by atoms with Crippen LogP contribution in [0.4, 0.5) is 5.69 Å². The number of carboxylic acid groups (broad SMARTS) is 1. The second kappa shape index (κ2) is 7.13. The Bertz CT molecular complexity index is 682. The second-order valence-electron chi connectivity index (χ2n) is 6.55. The van der Waals surface area contributed by atoms with Crippen LogP contribution in [0.15, 0.2) is 24.3 Å². The monoisotopic (exact) mass is 346 g/mol. The van der Waals surface area contributed by atoms with Crippen LogP contribution < -0.4 is 15.0 Å². The first-order chi connectivity index (χ1) is 12.0. The molecule has 1 aliphatic carbocycles. The van der Waals surface area contributed by atoms with E-state index in [9.17, 15) is 19.5 Å². The molecular formula is C18H22N2O5. The van der Waals surface area contributed by atoms with Crippen molar-refractivity contribution in [3.05, 3.63) is 24.3 Å². The molecule has 1 aliphatic heterocycles. The predicted octanol–water partition coefficient (Wildman–Crippen LogP) is 1.71. The molecule has 1 fully saturated rings. The van der Waals surface area contributed by atoms with Gasteiger partial charge in [-0.3, -0.25) is 9.59 Å². The number of amides is 2. The normalized spacial score (nSPS) is 18.9. The molecule has 0 spiro atoms. The first-order valence-electron chi connectivity index (χ1n) is 8.58.